The summed E-state index contributed by atoms with van der Waals surface area (Å²) in [7, 11) is 3.93. The number of rotatable bonds is 6. The number of anilines is 2. The summed E-state index contributed by atoms with van der Waals surface area (Å²) in [4.78, 5) is 27.6. The second kappa shape index (κ2) is 8.97. The van der Waals surface area contributed by atoms with Gasteiger partial charge >= 0.3 is 0 Å². The lowest BCUT2D eigenvalue weighted by Gasteiger charge is -2.36. The van der Waals surface area contributed by atoms with Gasteiger partial charge in [-0.15, -0.1) is 0 Å². The summed E-state index contributed by atoms with van der Waals surface area (Å²) in [5, 5.41) is 2.89. The van der Waals surface area contributed by atoms with E-state index in [0.29, 0.717) is 18.1 Å². The highest BCUT2D eigenvalue weighted by Crippen LogP contribution is 2.20. The van der Waals surface area contributed by atoms with Crippen molar-refractivity contribution in [1.29, 1.82) is 0 Å². The van der Waals surface area contributed by atoms with Crippen molar-refractivity contribution in [1.82, 2.24) is 20.2 Å². The van der Waals surface area contributed by atoms with Crippen molar-refractivity contribution in [2.45, 2.75) is 6.92 Å². The van der Waals surface area contributed by atoms with E-state index in [1.807, 2.05) is 19.0 Å². The first-order chi connectivity index (χ1) is 13.4. The number of amides is 1. The number of aromatic nitrogens is 2. The molecule has 3 rings (SSSR count). The first-order valence-corrected chi connectivity index (χ1v) is 9.46. The molecule has 2 heterocycles. The summed E-state index contributed by atoms with van der Waals surface area (Å²) >= 11 is 0. The van der Waals surface area contributed by atoms with Gasteiger partial charge in [-0.3, -0.25) is 4.79 Å². The molecule has 1 amide bonds. The van der Waals surface area contributed by atoms with Gasteiger partial charge in [-0.1, -0.05) is 0 Å². The summed E-state index contributed by atoms with van der Waals surface area (Å²) in [6.07, 6.45) is 0. The first kappa shape index (κ1) is 20.0. The fourth-order valence-corrected chi connectivity index (χ4v) is 3.16. The van der Waals surface area contributed by atoms with E-state index in [1.165, 1.54) is 12.1 Å². The maximum absolute atomic E-state index is 13.1. The number of nitrogens with zero attached hydrogens (tertiary/aromatic N) is 5. The molecule has 1 N–H and O–H groups in total. The monoisotopic (exact) mass is 386 g/mol. The van der Waals surface area contributed by atoms with Gasteiger partial charge in [-0.05, 0) is 45.3 Å². The predicted molar refractivity (Wildman–Crippen MR) is 108 cm³/mol. The van der Waals surface area contributed by atoms with E-state index in [1.54, 1.807) is 25.1 Å². The molecule has 0 atom stereocenters. The summed E-state index contributed by atoms with van der Waals surface area (Å²) in [6.45, 7) is 6.30. The minimum absolute atomic E-state index is 0.182. The molecule has 0 spiro atoms. The summed E-state index contributed by atoms with van der Waals surface area (Å²) in [6, 6.07) is 8.32. The Balaban J connectivity index is 1.63. The van der Waals surface area contributed by atoms with Gasteiger partial charge in [0.25, 0.3) is 5.91 Å². The largest absolute Gasteiger partial charge is 0.368 e. The fourth-order valence-electron chi connectivity index (χ4n) is 3.16. The normalized spacial score (nSPS) is 14.5. The molecule has 1 saturated heterocycles. The molecule has 7 nitrogen and oxygen atoms in total. The molecule has 1 aliphatic rings. The molecule has 0 radical (unpaired) electrons. The van der Waals surface area contributed by atoms with Crippen LogP contribution in [-0.4, -0.2) is 74.1 Å². The maximum Gasteiger partial charge on any atom is 0.270 e. The van der Waals surface area contributed by atoms with E-state index >= 15 is 0 Å². The van der Waals surface area contributed by atoms with Crippen LogP contribution in [0.1, 0.15) is 16.3 Å². The lowest BCUT2D eigenvalue weighted by Crippen LogP contribution is -2.47. The van der Waals surface area contributed by atoms with Crippen LogP contribution in [0, 0.1) is 12.7 Å². The van der Waals surface area contributed by atoms with Crippen LogP contribution in [0.2, 0.25) is 0 Å². The highest BCUT2D eigenvalue weighted by Gasteiger charge is 2.20. The summed E-state index contributed by atoms with van der Waals surface area (Å²) < 4.78 is 13.1. The van der Waals surface area contributed by atoms with Gasteiger partial charge in [0.1, 0.15) is 23.2 Å². The van der Waals surface area contributed by atoms with Gasteiger partial charge < -0.3 is 20.0 Å². The fraction of sp³-hybridized carbons (Fsp3) is 0.450. The number of likely N-dealkylation sites (N-methyl/N-ethyl adjacent to an activating group) is 1. The summed E-state index contributed by atoms with van der Waals surface area (Å²) in [5.41, 5.74) is 1.41. The third kappa shape index (κ3) is 5.16. The molecule has 1 aromatic heterocycles. The third-order valence-electron chi connectivity index (χ3n) is 4.70. The van der Waals surface area contributed by atoms with Crippen molar-refractivity contribution in [3.05, 3.63) is 47.7 Å². The Morgan fingerprint density at radius 1 is 1.11 bits per heavy atom. The molecular formula is C20H27FN6O. The van der Waals surface area contributed by atoms with Gasteiger partial charge in [-0.25, -0.2) is 14.4 Å². The van der Waals surface area contributed by atoms with Gasteiger partial charge in [0, 0.05) is 51.0 Å². The molecule has 0 bridgehead atoms. The Morgan fingerprint density at radius 3 is 2.39 bits per heavy atom. The highest BCUT2D eigenvalue weighted by atomic mass is 19.1. The van der Waals surface area contributed by atoms with Gasteiger partial charge in [-0.2, -0.15) is 0 Å². The third-order valence-corrected chi connectivity index (χ3v) is 4.70. The van der Waals surface area contributed by atoms with Crippen molar-refractivity contribution < 1.29 is 9.18 Å². The van der Waals surface area contributed by atoms with Crippen molar-refractivity contribution in [3.8, 4) is 0 Å². The van der Waals surface area contributed by atoms with Crippen LogP contribution < -0.4 is 15.1 Å². The zero-order valence-electron chi connectivity index (χ0n) is 16.7. The van der Waals surface area contributed by atoms with E-state index in [-0.39, 0.29) is 11.7 Å². The number of carbonyl (C=O) groups is 1. The highest BCUT2D eigenvalue weighted by molar-refractivity contribution is 5.93. The predicted octanol–water partition coefficient (Wildman–Crippen LogP) is 1.54. The van der Waals surface area contributed by atoms with E-state index in [0.717, 1.165) is 44.2 Å². The van der Waals surface area contributed by atoms with Crippen LogP contribution in [0.3, 0.4) is 0 Å². The topological polar surface area (TPSA) is 64.6 Å². The second-order valence-corrected chi connectivity index (χ2v) is 7.17. The number of piperazine rings is 1. The second-order valence-electron chi connectivity index (χ2n) is 7.17. The van der Waals surface area contributed by atoms with E-state index in [9.17, 15) is 9.18 Å². The quantitative estimate of drug-likeness (QED) is 0.813. The Labute approximate surface area is 165 Å². The van der Waals surface area contributed by atoms with Crippen LogP contribution in [0.4, 0.5) is 15.9 Å². The van der Waals surface area contributed by atoms with Crippen LogP contribution in [-0.2, 0) is 0 Å². The molecule has 1 aromatic carbocycles. The first-order valence-electron chi connectivity index (χ1n) is 9.46. The Morgan fingerprint density at radius 2 is 1.75 bits per heavy atom. The SMILES string of the molecule is Cc1nc(C(=O)NCCN(C)C)cc(N2CCN(c3ccc(F)cc3)CC2)n1. The zero-order valence-corrected chi connectivity index (χ0v) is 16.7. The Bertz CT molecular complexity index is 803. The lowest BCUT2D eigenvalue weighted by molar-refractivity contribution is 0.0945. The summed E-state index contributed by atoms with van der Waals surface area (Å²) in [5.74, 6) is 0.939. The molecule has 2 aromatic rings. The van der Waals surface area contributed by atoms with Crippen LogP contribution in [0.15, 0.2) is 30.3 Å². The minimum atomic E-state index is -0.227. The molecule has 0 aliphatic carbocycles. The number of hydrogen-bond donors (Lipinski definition) is 1. The number of hydrogen-bond acceptors (Lipinski definition) is 6. The Kier molecular flexibility index (Phi) is 6.41. The average molecular weight is 386 g/mol. The zero-order chi connectivity index (χ0) is 20.1. The minimum Gasteiger partial charge on any atom is -0.368 e. The number of nitrogens with one attached hydrogen (secondary N) is 1. The molecule has 28 heavy (non-hydrogen) atoms. The van der Waals surface area contributed by atoms with Gasteiger partial charge in [0.05, 0.1) is 0 Å². The van der Waals surface area contributed by atoms with Crippen LogP contribution in [0.25, 0.3) is 0 Å². The molecule has 0 unspecified atom stereocenters. The molecule has 150 valence electrons. The maximum atomic E-state index is 13.1. The Hall–Kier alpha value is -2.74. The smallest absolute Gasteiger partial charge is 0.270 e. The van der Waals surface area contributed by atoms with Crippen molar-refractivity contribution in [3.63, 3.8) is 0 Å². The number of aryl methyl sites for hydroxylation is 1. The van der Waals surface area contributed by atoms with Crippen LogP contribution >= 0.6 is 0 Å². The van der Waals surface area contributed by atoms with E-state index < -0.39 is 0 Å². The van der Waals surface area contributed by atoms with E-state index in [4.69, 9.17) is 0 Å². The molecular weight excluding hydrogens is 359 g/mol. The average Bonchev–Trinajstić information content (AvgIpc) is 2.68. The number of carbonyl (C=O) groups excluding carboxylic acids is 1. The van der Waals surface area contributed by atoms with Crippen molar-refractivity contribution in [2.24, 2.45) is 0 Å². The standard InChI is InChI=1S/C20H27FN6O/c1-15-23-18(20(28)22-8-9-25(2)3)14-19(24-15)27-12-10-26(11-13-27)17-6-4-16(21)5-7-17/h4-7,14H,8-13H2,1-3H3,(H,22,28). The molecule has 1 aliphatic heterocycles. The van der Waals surface area contributed by atoms with E-state index in [2.05, 4.69) is 25.1 Å². The van der Waals surface area contributed by atoms with Gasteiger partial charge in [0.2, 0.25) is 0 Å². The number of halogens is 1. The molecule has 0 saturated carbocycles. The molecule has 8 heteroatoms. The van der Waals surface area contributed by atoms with Crippen molar-refractivity contribution in [2.75, 3.05) is 63.2 Å². The molecule has 1 fully saturated rings. The van der Waals surface area contributed by atoms with Gasteiger partial charge in [0.15, 0.2) is 0 Å². The van der Waals surface area contributed by atoms with Crippen LogP contribution in [0.5, 0.6) is 0 Å². The number of benzene rings is 1. The lowest BCUT2D eigenvalue weighted by atomic mass is 10.2. The van der Waals surface area contributed by atoms with Crippen molar-refractivity contribution >= 4 is 17.4 Å².